The maximum absolute atomic E-state index is 13.3. The summed E-state index contributed by atoms with van der Waals surface area (Å²) in [6.07, 6.45) is 0. The number of anilines is 1. The minimum Gasteiger partial charge on any atom is -0.508 e. The Morgan fingerprint density at radius 1 is 0.963 bits per heavy atom. The Morgan fingerprint density at radius 3 is 2.37 bits per heavy atom. The molecule has 5 nitrogen and oxygen atoms in total. The number of carbonyl (C=O) groups excluding carboxylic acids is 2. The maximum Gasteiger partial charge on any atom is 0.259 e. The fraction of sp³-hybridized carbons (Fsp3) is 0.0909. The molecule has 1 amide bonds. The second-order valence-corrected chi connectivity index (χ2v) is 6.57. The third-order valence-corrected chi connectivity index (χ3v) is 4.77. The molecule has 0 aliphatic carbocycles. The fourth-order valence-corrected chi connectivity index (χ4v) is 3.42. The molecule has 3 aromatic carbocycles. The molecule has 0 aromatic heterocycles. The number of amides is 1. The third kappa shape index (κ3) is 2.73. The predicted molar refractivity (Wildman–Crippen MR) is 101 cm³/mol. The van der Waals surface area contributed by atoms with E-state index in [9.17, 15) is 19.8 Å². The summed E-state index contributed by atoms with van der Waals surface area (Å²) in [4.78, 5) is 27.8. The highest BCUT2D eigenvalue weighted by molar-refractivity contribution is 6.19. The van der Waals surface area contributed by atoms with Crippen molar-refractivity contribution < 1.29 is 19.8 Å². The molecule has 0 saturated carbocycles. The van der Waals surface area contributed by atoms with E-state index in [1.165, 1.54) is 17.0 Å². The lowest BCUT2D eigenvalue weighted by Crippen LogP contribution is -2.32. The minimum absolute atomic E-state index is 0.0550. The van der Waals surface area contributed by atoms with Gasteiger partial charge in [-0.25, -0.2) is 0 Å². The molecule has 0 fully saturated rings. The van der Waals surface area contributed by atoms with Crippen LogP contribution in [-0.2, 0) is 0 Å². The number of aryl methyl sites for hydroxylation is 1. The molecular weight excluding hydrogens is 342 g/mol. The van der Waals surface area contributed by atoms with E-state index in [1.54, 1.807) is 36.4 Å². The van der Waals surface area contributed by atoms with Crippen LogP contribution in [0.4, 0.5) is 5.69 Å². The average Bonchev–Trinajstić information content (AvgIpc) is 2.95. The number of carbonyl (C=O) groups is 2. The van der Waals surface area contributed by atoms with E-state index in [0.717, 1.165) is 11.6 Å². The largest absolute Gasteiger partial charge is 0.508 e. The van der Waals surface area contributed by atoms with Crippen molar-refractivity contribution in [2.75, 3.05) is 4.90 Å². The number of ketones is 1. The fourth-order valence-electron chi connectivity index (χ4n) is 3.42. The summed E-state index contributed by atoms with van der Waals surface area (Å²) in [7, 11) is 0. The van der Waals surface area contributed by atoms with Gasteiger partial charge in [0.1, 0.15) is 17.5 Å². The molecule has 3 aromatic rings. The number of hydrogen-bond acceptors (Lipinski definition) is 4. The number of Topliss-reactive ketones (excluding diaryl/α,β-unsaturated/α-hetero) is 1. The number of nitrogens with zero attached hydrogens (tertiary/aromatic N) is 1. The zero-order valence-corrected chi connectivity index (χ0v) is 14.6. The van der Waals surface area contributed by atoms with E-state index in [2.05, 4.69) is 0 Å². The lowest BCUT2D eigenvalue weighted by Gasteiger charge is -2.25. The molecule has 0 radical (unpaired) electrons. The van der Waals surface area contributed by atoms with Gasteiger partial charge in [-0.15, -0.1) is 0 Å². The van der Waals surface area contributed by atoms with Gasteiger partial charge in [0, 0.05) is 17.3 Å². The van der Waals surface area contributed by atoms with E-state index < -0.39 is 11.8 Å². The monoisotopic (exact) mass is 359 g/mol. The lowest BCUT2D eigenvalue weighted by molar-refractivity contribution is 0.0914. The van der Waals surface area contributed by atoms with Crippen LogP contribution in [0.1, 0.15) is 37.9 Å². The van der Waals surface area contributed by atoms with Crippen molar-refractivity contribution in [2.24, 2.45) is 0 Å². The Balaban J connectivity index is 1.87. The van der Waals surface area contributed by atoms with Gasteiger partial charge in [0.2, 0.25) is 0 Å². The van der Waals surface area contributed by atoms with Gasteiger partial charge in [0.05, 0.1) is 5.56 Å². The molecule has 1 heterocycles. The van der Waals surface area contributed by atoms with E-state index in [-0.39, 0.29) is 23.0 Å². The smallest absolute Gasteiger partial charge is 0.259 e. The van der Waals surface area contributed by atoms with Crippen molar-refractivity contribution in [3.63, 3.8) is 0 Å². The standard InChI is InChI=1S/C22H17NO4/c1-13-6-8-14(9-7-13)23-20(16-4-2-3-5-17(16)22(23)27)21(26)18-11-10-15(24)12-19(18)25/h2-12,20,24-25H,1H3/t20-/m0/s1. The quantitative estimate of drug-likeness (QED) is 0.693. The van der Waals surface area contributed by atoms with Gasteiger partial charge in [-0.3, -0.25) is 14.5 Å². The number of phenols is 2. The molecule has 4 rings (SSSR count). The number of hydrogen-bond donors (Lipinski definition) is 2. The van der Waals surface area contributed by atoms with Crippen LogP contribution in [0, 0.1) is 6.92 Å². The molecule has 1 aliphatic rings. The van der Waals surface area contributed by atoms with E-state index in [4.69, 9.17) is 0 Å². The molecule has 1 atom stereocenters. The summed E-state index contributed by atoms with van der Waals surface area (Å²) >= 11 is 0. The highest BCUT2D eigenvalue weighted by atomic mass is 16.3. The molecule has 134 valence electrons. The van der Waals surface area contributed by atoms with Crippen molar-refractivity contribution in [1.82, 2.24) is 0 Å². The first-order chi connectivity index (χ1) is 13.0. The number of fused-ring (bicyclic) bond motifs is 1. The van der Waals surface area contributed by atoms with E-state index in [0.29, 0.717) is 16.8 Å². The third-order valence-electron chi connectivity index (χ3n) is 4.77. The molecule has 2 N–H and O–H groups in total. The van der Waals surface area contributed by atoms with Gasteiger partial charge in [0.25, 0.3) is 5.91 Å². The van der Waals surface area contributed by atoms with Crippen LogP contribution in [0.15, 0.2) is 66.7 Å². The lowest BCUT2D eigenvalue weighted by atomic mass is 9.96. The van der Waals surface area contributed by atoms with Crippen LogP contribution in [0.2, 0.25) is 0 Å². The van der Waals surface area contributed by atoms with Gasteiger partial charge in [-0.05, 0) is 42.8 Å². The van der Waals surface area contributed by atoms with Crippen LogP contribution >= 0.6 is 0 Å². The normalized spacial score (nSPS) is 15.7. The first-order valence-electron chi connectivity index (χ1n) is 8.52. The summed E-state index contributed by atoms with van der Waals surface area (Å²) in [5, 5.41) is 19.6. The molecule has 0 unspecified atom stereocenters. The molecule has 0 saturated heterocycles. The molecule has 27 heavy (non-hydrogen) atoms. The van der Waals surface area contributed by atoms with E-state index in [1.807, 2.05) is 19.1 Å². The number of phenolic OH excluding ortho intramolecular Hbond substituents is 2. The summed E-state index contributed by atoms with van der Waals surface area (Å²) in [5.74, 6) is -1.12. The second-order valence-electron chi connectivity index (χ2n) is 6.57. The number of benzene rings is 3. The Labute approximate surface area is 156 Å². The highest BCUT2D eigenvalue weighted by Gasteiger charge is 2.42. The van der Waals surface area contributed by atoms with Gasteiger partial charge < -0.3 is 10.2 Å². The van der Waals surface area contributed by atoms with Crippen molar-refractivity contribution in [2.45, 2.75) is 13.0 Å². The minimum atomic E-state index is -0.883. The Bertz CT molecular complexity index is 1060. The summed E-state index contributed by atoms with van der Waals surface area (Å²) in [6.45, 7) is 1.95. The Kier molecular flexibility index (Phi) is 3.92. The maximum atomic E-state index is 13.3. The molecule has 0 spiro atoms. The highest BCUT2D eigenvalue weighted by Crippen LogP contribution is 2.40. The predicted octanol–water partition coefficient (Wildman–Crippen LogP) is 3.99. The first kappa shape index (κ1) is 16.8. The number of rotatable bonds is 3. The van der Waals surface area contributed by atoms with Crippen LogP contribution in [0.5, 0.6) is 11.5 Å². The zero-order chi connectivity index (χ0) is 19.1. The Hall–Kier alpha value is -3.60. The van der Waals surface area contributed by atoms with Gasteiger partial charge >= 0.3 is 0 Å². The number of aromatic hydroxyl groups is 2. The van der Waals surface area contributed by atoms with Crippen molar-refractivity contribution in [1.29, 1.82) is 0 Å². The average molecular weight is 359 g/mol. The molecular formula is C22H17NO4. The van der Waals surface area contributed by atoms with Crippen LogP contribution in [-0.4, -0.2) is 21.9 Å². The SMILES string of the molecule is Cc1ccc(N2C(=O)c3ccccc3[C@H]2C(=O)c2ccc(O)cc2O)cc1. The molecule has 5 heteroatoms. The zero-order valence-electron chi connectivity index (χ0n) is 14.6. The summed E-state index contributed by atoms with van der Waals surface area (Å²) in [5.41, 5.74) is 2.77. The first-order valence-corrected chi connectivity index (χ1v) is 8.52. The van der Waals surface area contributed by atoms with Crippen LogP contribution < -0.4 is 4.90 Å². The van der Waals surface area contributed by atoms with Crippen molar-refractivity contribution in [3.05, 3.63) is 89.0 Å². The molecule has 0 bridgehead atoms. The Morgan fingerprint density at radius 2 is 1.67 bits per heavy atom. The van der Waals surface area contributed by atoms with Gasteiger partial charge in [0.15, 0.2) is 5.78 Å². The van der Waals surface area contributed by atoms with E-state index >= 15 is 0 Å². The van der Waals surface area contributed by atoms with Gasteiger partial charge in [-0.2, -0.15) is 0 Å². The molecule has 1 aliphatic heterocycles. The summed E-state index contributed by atoms with van der Waals surface area (Å²) in [6, 6.07) is 17.3. The topological polar surface area (TPSA) is 77.8 Å². The summed E-state index contributed by atoms with van der Waals surface area (Å²) < 4.78 is 0. The van der Waals surface area contributed by atoms with Gasteiger partial charge in [-0.1, -0.05) is 35.9 Å². The second kappa shape index (κ2) is 6.29. The van der Waals surface area contributed by atoms with Crippen LogP contribution in [0.25, 0.3) is 0 Å². The van der Waals surface area contributed by atoms with Crippen molar-refractivity contribution in [3.8, 4) is 11.5 Å². The van der Waals surface area contributed by atoms with Crippen LogP contribution in [0.3, 0.4) is 0 Å². The van der Waals surface area contributed by atoms with Crippen molar-refractivity contribution >= 4 is 17.4 Å².